The van der Waals surface area contributed by atoms with Crippen LogP contribution < -0.4 is 10.6 Å². The maximum Gasteiger partial charge on any atom is 0.141 e. The summed E-state index contributed by atoms with van der Waals surface area (Å²) in [7, 11) is 0. The van der Waals surface area contributed by atoms with Gasteiger partial charge in [-0.05, 0) is 37.9 Å². The summed E-state index contributed by atoms with van der Waals surface area (Å²) in [6, 6.07) is 3.18. The van der Waals surface area contributed by atoms with Crippen LogP contribution in [-0.2, 0) is 4.74 Å². The quantitative estimate of drug-likeness (QED) is 0.809. The van der Waals surface area contributed by atoms with Gasteiger partial charge in [-0.25, -0.2) is 9.37 Å². The number of pyridine rings is 1. The van der Waals surface area contributed by atoms with Gasteiger partial charge in [0, 0.05) is 19.7 Å². The highest BCUT2D eigenvalue weighted by Crippen LogP contribution is 2.19. The van der Waals surface area contributed by atoms with E-state index in [9.17, 15) is 4.39 Å². The molecular weight excluding hydrogens is 233 g/mol. The zero-order chi connectivity index (χ0) is 12.8. The first-order valence-corrected chi connectivity index (χ1v) is 6.48. The van der Waals surface area contributed by atoms with Crippen molar-refractivity contribution in [1.82, 2.24) is 4.98 Å². The van der Waals surface area contributed by atoms with Crippen LogP contribution in [0.2, 0.25) is 0 Å². The number of hydrogen-bond acceptors (Lipinski definition) is 4. The van der Waals surface area contributed by atoms with Crippen molar-refractivity contribution in [3.05, 3.63) is 24.1 Å². The summed E-state index contributed by atoms with van der Waals surface area (Å²) in [4.78, 5) is 6.26. The monoisotopic (exact) mass is 253 g/mol. The van der Waals surface area contributed by atoms with Crippen LogP contribution in [0.15, 0.2) is 18.3 Å². The summed E-state index contributed by atoms with van der Waals surface area (Å²) in [6.45, 7) is 3.24. The molecule has 2 N–H and O–H groups in total. The third kappa shape index (κ3) is 3.65. The molecule has 0 saturated carbocycles. The molecule has 0 spiro atoms. The van der Waals surface area contributed by atoms with Crippen molar-refractivity contribution < 1.29 is 9.13 Å². The second-order valence-corrected chi connectivity index (χ2v) is 4.53. The van der Waals surface area contributed by atoms with Crippen LogP contribution in [0.3, 0.4) is 0 Å². The molecule has 2 rings (SSSR count). The highest BCUT2D eigenvalue weighted by Gasteiger charge is 2.20. The molecule has 0 amide bonds. The van der Waals surface area contributed by atoms with Crippen molar-refractivity contribution in [2.75, 3.05) is 31.1 Å². The van der Waals surface area contributed by atoms with E-state index >= 15 is 0 Å². The van der Waals surface area contributed by atoms with Gasteiger partial charge in [-0.2, -0.15) is 0 Å². The summed E-state index contributed by atoms with van der Waals surface area (Å²) in [5.74, 6) is 0.551. The Balaban J connectivity index is 1.77. The molecule has 1 aliphatic rings. The Hall–Kier alpha value is -1.20. The van der Waals surface area contributed by atoms with E-state index in [0.717, 1.165) is 44.8 Å². The summed E-state index contributed by atoms with van der Waals surface area (Å²) in [5.41, 5.74) is 5.43. The molecule has 0 radical (unpaired) electrons. The molecule has 1 aromatic heterocycles. The lowest BCUT2D eigenvalue weighted by atomic mass is 10.1. The van der Waals surface area contributed by atoms with Gasteiger partial charge in [0.1, 0.15) is 11.6 Å². The number of nitrogens with two attached hydrogens (primary N) is 1. The maximum atomic E-state index is 12.8. The SMILES string of the molecule is NCCCOC1CCN(c2ccc(F)cn2)CC1. The average Bonchev–Trinajstić information content (AvgIpc) is 2.41. The molecule has 1 aliphatic heterocycles. The minimum Gasteiger partial charge on any atom is -0.378 e. The van der Waals surface area contributed by atoms with Crippen LogP contribution in [0.4, 0.5) is 10.2 Å². The van der Waals surface area contributed by atoms with E-state index < -0.39 is 0 Å². The molecule has 100 valence electrons. The van der Waals surface area contributed by atoms with Crippen molar-refractivity contribution in [3.8, 4) is 0 Å². The Morgan fingerprint density at radius 2 is 2.17 bits per heavy atom. The average molecular weight is 253 g/mol. The van der Waals surface area contributed by atoms with Crippen LogP contribution in [0.25, 0.3) is 0 Å². The van der Waals surface area contributed by atoms with Crippen molar-refractivity contribution in [2.24, 2.45) is 5.73 Å². The molecule has 2 heterocycles. The van der Waals surface area contributed by atoms with Gasteiger partial charge >= 0.3 is 0 Å². The van der Waals surface area contributed by atoms with E-state index in [0.29, 0.717) is 12.6 Å². The number of anilines is 1. The third-order valence-corrected chi connectivity index (χ3v) is 3.18. The summed E-state index contributed by atoms with van der Waals surface area (Å²) >= 11 is 0. The molecule has 0 unspecified atom stereocenters. The Bertz CT molecular complexity index is 350. The lowest BCUT2D eigenvalue weighted by Crippen LogP contribution is -2.37. The van der Waals surface area contributed by atoms with Crippen LogP contribution >= 0.6 is 0 Å². The summed E-state index contributed by atoms with van der Waals surface area (Å²) in [6.07, 6.45) is 4.49. The Morgan fingerprint density at radius 1 is 1.39 bits per heavy atom. The highest BCUT2D eigenvalue weighted by atomic mass is 19.1. The molecule has 0 atom stereocenters. The maximum absolute atomic E-state index is 12.8. The molecule has 1 saturated heterocycles. The van der Waals surface area contributed by atoms with Crippen molar-refractivity contribution in [2.45, 2.75) is 25.4 Å². The molecule has 1 aromatic rings. The molecule has 5 heteroatoms. The second kappa shape index (κ2) is 6.66. The van der Waals surface area contributed by atoms with Crippen LogP contribution in [0.5, 0.6) is 0 Å². The minimum absolute atomic E-state index is 0.293. The molecule has 18 heavy (non-hydrogen) atoms. The first-order valence-electron chi connectivity index (χ1n) is 6.48. The molecular formula is C13H20FN3O. The smallest absolute Gasteiger partial charge is 0.141 e. The number of hydrogen-bond donors (Lipinski definition) is 1. The topological polar surface area (TPSA) is 51.4 Å². The Labute approximate surface area is 107 Å². The second-order valence-electron chi connectivity index (χ2n) is 4.53. The normalized spacial score (nSPS) is 17.1. The first-order chi connectivity index (χ1) is 8.79. The van der Waals surface area contributed by atoms with E-state index in [2.05, 4.69) is 9.88 Å². The van der Waals surface area contributed by atoms with Gasteiger partial charge in [0.2, 0.25) is 0 Å². The van der Waals surface area contributed by atoms with Gasteiger partial charge in [-0.3, -0.25) is 0 Å². The van der Waals surface area contributed by atoms with Crippen molar-refractivity contribution in [3.63, 3.8) is 0 Å². The van der Waals surface area contributed by atoms with Crippen molar-refractivity contribution >= 4 is 5.82 Å². The fraction of sp³-hybridized carbons (Fsp3) is 0.615. The zero-order valence-electron chi connectivity index (χ0n) is 10.5. The van der Waals surface area contributed by atoms with E-state index in [4.69, 9.17) is 10.5 Å². The molecule has 0 aliphatic carbocycles. The Morgan fingerprint density at radius 3 is 2.78 bits per heavy atom. The number of halogens is 1. The molecule has 4 nitrogen and oxygen atoms in total. The number of ether oxygens (including phenoxy) is 1. The van der Waals surface area contributed by atoms with Gasteiger partial charge in [-0.1, -0.05) is 0 Å². The summed E-state index contributed by atoms with van der Waals surface area (Å²) < 4.78 is 18.5. The predicted octanol–water partition coefficient (Wildman–Crippen LogP) is 1.55. The van der Waals surface area contributed by atoms with Gasteiger partial charge in [0.05, 0.1) is 12.3 Å². The van der Waals surface area contributed by atoms with E-state index in [1.54, 1.807) is 6.07 Å². The third-order valence-electron chi connectivity index (χ3n) is 3.18. The minimum atomic E-state index is -0.293. The lowest BCUT2D eigenvalue weighted by Gasteiger charge is -2.32. The molecule has 1 fully saturated rings. The molecule has 0 aromatic carbocycles. The van der Waals surface area contributed by atoms with E-state index in [-0.39, 0.29) is 5.82 Å². The first kappa shape index (κ1) is 13.2. The standard InChI is InChI=1S/C13H20FN3O/c14-11-2-3-13(16-10-11)17-7-4-12(5-8-17)18-9-1-6-15/h2-3,10,12H,1,4-9,15H2. The largest absolute Gasteiger partial charge is 0.378 e. The highest BCUT2D eigenvalue weighted by molar-refractivity contribution is 5.38. The summed E-state index contributed by atoms with van der Waals surface area (Å²) in [5, 5.41) is 0. The van der Waals surface area contributed by atoms with Crippen LogP contribution in [0.1, 0.15) is 19.3 Å². The van der Waals surface area contributed by atoms with Crippen LogP contribution in [-0.4, -0.2) is 37.3 Å². The van der Waals surface area contributed by atoms with Gasteiger partial charge in [-0.15, -0.1) is 0 Å². The van der Waals surface area contributed by atoms with Gasteiger partial charge in [0.15, 0.2) is 0 Å². The van der Waals surface area contributed by atoms with Crippen LogP contribution in [0, 0.1) is 5.82 Å². The Kier molecular flexibility index (Phi) is 4.90. The van der Waals surface area contributed by atoms with Gasteiger partial charge in [0.25, 0.3) is 0 Å². The van der Waals surface area contributed by atoms with E-state index in [1.807, 2.05) is 0 Å². The molecule has 0 bridgehead atoms. The number of nitrogens with zero attached hydrogens (tertiary/aromatic N) is 2. The number of piperidine rings is 1. The fourth-order valence-electron chi connectivity index (χ4n) is 2.14. The number of aromatic nitrogens is 1. The lowest BCUT2D eigenvalue weighted by molar-refractivity contribution is 0.0365. The number of rotatable bonds is 5. The van der Waals surface area contributed by atoms with Gasteiger partial charge < -0.3 is 15.4 Å². The van der Waals surface area contributed by atoms with Crippen molar-refractivity contribution in [1.29, 1.82) is 0 Å². The zero-order valence-corrected chi connectivity index (χ0v) is 10.5. The predicted molar refractivity (Wildman–Crippen MR) is 69.1 cm³/mol. The fourth-order valence-corrected chi connectivity index (χ4v) is 2.14. The van der Waals surface area contributed by atoms with E-state index in [1.165, 1.54) is 12.3 Å².